The van der Waals surface area contributed by atoms with Crippen molar-refractivity contribution in [2.24, 2.45) is 0 Å². The highest BCUT2D eigenvalue weighted by Crippen LogP contribution is 2.26. The van der Waals surface area contributed by atoms with Gasteiger partial charge in [0, 0.05) is 6.07 Å². The monoisotopic (exact) mass is 364 g/mol. The number of aromatic nitrogens is 2. The number of rotatable bonds is 3. The molecule has 6 nitrogen and oxygen atoms in total. The smallest absolute Gasteiger partial charge is 0.266 e. The van der Waals surface area contributed by atoms with E-state index < -0.39 is 5.82 Å². The van der Waals surface area contributed by atoms with Crippen LogP contribution in [0.2, 0.25) is 0 Å². The van der Waals surface area contributed by atoms with E-state index in [1.54, 1.807) is 37.4 Å². The second-order valence-electron chi connectivity index (χ2n) is 6.42. The van der Waals surface area contributed by atoms with Gasteiger partial charge in [0.15, 0.2) is 0 Å². The van der Waals surface area contributed by atoms with Crippen molar-refractivity contribution in [3.63, 3.8) is 0 Å². The average molecular weight is 364 g/mol. The van der Waals surface area contributed by atoms with Crippen LogP contribution in [-0.2, 0) is 0 Å². The predicted octanol–water partition coefficient (Wildman–Crippen LogP) is 2.83. The SMILES string of the molecule is COc1ccc(-n2c([C@H]3CCCN3)nc3cc(F)c(C#N)cc3c2=O)cc1. The quantitative estimate of drug-likeness (QED) is 0.773. The lowest BCUT2D eigenvalue weighted by Gasteiger charge is -2.18. The van der Waals surface area contributed by atoms with E-state index in [9.17, 15) is 9.18 Å². The zero-order valence-electron chi connectivity index (χ0n) is 14.7. The molecule has 27 heavy (non-hydrogen) atoms. The fourth-order valence-electron chi connectivity index (χ4n) is 3.43. The molecule has 1 aromatic heterocycles. The van der Waals surface area contributed by atoms with Crippen LogP contribution in [0.4, 0.5) is 4.39 Å². The van der Waals surface area contributed by atoms with Crippen LogP contribution in [0.5, 0.6) is 5.75 Å². The van der Waals surface area contributed by atoms with Crippen molar-refractivity contribution in [3.05, 3.63) is 64.0 Å². The highest BCUT2D eigenvalue weighted by Gasteiger charge is 2.24. The molecule has 1 aliphatic heterocycles. The first-order chi connectivity index (χ1) is 13.1. The van der Waals surface area contributed by atoms with E-state index in [0.29, 0.717) is 17.3 Å². The fraction of sp³-hybridized carbons (Fsp3) is 0.250. The number of hydrogen-bond donors (Lipinski definition) is 1. The lowest BCUT2D eigenvalue weighted by atomic mass is 10.1. The van der Waals surface area contributed by atoms with Crippen LogP contribution in [0, 0.1) is 17.1 Å². The summed E-state index contributed by atoms with van der Waals surface area (Å²) in [7, 11) is 1.57. The number of ether oxygens (including phenoxy) is 1. The van der Waals surface area contributed by atoms with Gasteiger partial charge in [-0.05, 0) is 49.7 Å². The number of fused-ring (bicyclic) bond motifs is 1. The summed E-state index contributed by atoms with van der Waals surface area (Å²) >= 11 is 0. The molecular weight excluding hydrogens is 347 g/mol. The Balaban J connectivity index is 2.02. The van der Waals surface area contributed by atoms with E-state index in [1.165, 1.54) is 10.6 Å². The summed E-state index contributed by atoms with van der Waals surface area (Å²) in [6, 6.07) is 11.2. The van der Waals surface area contributed by atoms with Crippen LogP contribution in [-0.4, -0.2) is 23.2 Å². The third-order valence-electron chi connectivity index (χ3n) is 4.81. The highest BCUT2D eigenvalue weighted by atomic mass is 19.1. The normalized spacial score (nSPS) is 16.4. The van der Waals surface area contributed by atoms with Crippen LogP contribution in [0.15, 0.2) is 41.2 Å². The molecule has 0 amide bonds. The van der Waals surface area contributed by atoms with Crippen molar-refractivity contribution in [1.82, 2.24) is 14.9 Å². The number of methoxy groups -OCH3 is 1. The van der Waals surface area contributed by atoms with Gasteiger partial charge in [0.05, 0.1) is 35.3 Å². The third-order valence-corrected chi connectivity index (χ3v) is 4.81. The van der Waals surface area contributed by atoms with E-state index >= 15 is 0 Å². The minimum Gasteiger partial charge on any atom is -0.497 e. The van der Waals surface area contributed by atoms with Gasteiger partial charge in [-0.1, -0.05) is 0 Å². The van der Waals surface area contributed by atoms with Crippen molar-refractivity contribution in [1.29, 1.82) is 5.26 Å². The average Bonchev–Trinajstić information content (AvgIpc) is 3.22. The van der Waals surface area contributed by atoms with Crippen molar-refractivity contribution in [2.45, 2.75) is 18.9 Å². The predicted molar refractivity (Wildman–Crippen MR) is 98.5 cm³/mol. The minimum absolute atomic E-state index is 0.0945. The Morgan fingerprint density at radius 1 is 1.33 bits per heavy atom. The molecule has 0 radical (unpaired) electrons. The molecule has 7 heteroatoms. The summed E-state index contributed by atoms with van der Waals surface area (Å²) in [6.45, 7) is 0.836. The first kappa shape index (κ1) is 17.2. The second-order valence-corrected chi connectivity index (χ2v) is 6.42. The molecule has 2 heterocycles. The van der Waals surface area contributed by atoms with Crippen LogP contribution in [0.25, 0.3) is 16.6 Å². The molecule has 4 rings (SSSR count). The second kappa shape index (κ2) is 6.82. The molecule has 0 saturated carbocycles. The van der Waals surface area contributed by atoms with Crippen molar-refractivity contribution >= 4 is 10.9 Å². The standard InChI is InChI=1S/C20H17FN4O2/c1-27-14-6-4-13(5-7-14)25-19(17-3-2-8-23-17)24-18-10-16(21)12(11-22)9-15(18)20(25)26/h4-7,9-10,17,23H,2-3,8H2,1H3/t17-/m1/s1. The molecule has 0 spiro atoms. The largest absolute Gasteiger partial charge is 0.497 e. The Kier molecular flexibility index (Phi) is 4.34. The van der Waals surface area contributed by atoms with Crippen LogP contribution < -0.4 is 15.6 Å². The fourth-order valence-corrected chi connectivity index (χ4v) is 3.43. The molecule has 0 bridgehead atoms. The van der Waals surface area contributed by atoms with Gasteiger partial charge in [-0.25, -0.2) is 9.37 Å². The Labute approximate surface area is 154 Å². The Morgan fingerprint density at radius 2 is 2.11 bits per heavy atom. The maximum atomic E-state index is 14.1. The van der Waals surface area contributed by atoms with Gasteiger partial charge in [-0.15, -0.1) is 0 Å². The summed E-state index contributed by atoms with van der Waals surface area (Å²) in [5, 5.41) is 12.7. The van der Waals surface area contributed by atoms with Crippen molar-refractivity contribution in [2.75, 3.05) is 13.7 Å². The van der Waals surface area contributed by atoms with Crippen molar-refractivity contribution < 1.29 is 9.13 Å². The number of nitrogens with one attached hydrogen (secondary N) is 1. The van der Waals surface area contributed by atoms with Gasteiger partial charge in [0.25, 0.3) is 5.56 Å². The number of hydrogen-bond acceptors (Lipinski definition) is 5. The van der Waals surface area contributed by atoms with Gasteiger partial charge in [-0.3, -0.25) is 9.36 Å². The Morgan fingerprint density at radius 3 is 2.74 bits per heavy atom. The summed E-state index contributed by atoms with van der Waals surface area (Å²) in [6.07, 6.45) is 1.82. The molecule has 1 aliphatic rings. The van der Waals surface area contributed by atoms with E-state index in [0.717, 1.165) is 25.5 Å². The van der Waals surface area contributed by atoms with E-state index in [-0.39, 0.29) is 28.1 Å². The summed E-state index contributed by atoms with van der Waals surface area (Å²) < 4.78 is 20.8. The Hall–Kier alpha value is -3.24. The first-order valence-corrected chi connectivity index (χ1v) is 8.66. The Bertz CT molecular complexity index is 1110. The van der Waals surface area contributed by atoms with Gasteiger partial charge < -0.3 is 10.1 Å². The molecule has 2 aromatic carbocycles. The van der Waals surface area contributed by atoms with Gasteiger partial charge in [0.1, 0.15) is 23.5 Å². The number of nitriles is 1. The molecule has 136 valence electrons. The maximum Gasteiger partial charge on any atom is 0.266 e. The molecule has 1 fully saturated rings. The van der Waals surface area contributed by atoms with Gasteiger partial charge >= 0.3 is 0 Å². The molecule has 3 aromatic rings. The van der Waals surface area contributed by atoms with Crippen molar-refractivity contribution in [3.8, 4) is 17.5 Å². The van der Waals surface area contributed by atoms with Gasteiger partial charge in [-0.2, -0.15) is 5.26 Å². The molecule has 0 aliphatic carbocycles. The maximum absolute atomic E-state index is 14.1. The molecule has 1 N–H and O–H groups in total. The first-order valence-electron chi connectivity index (χ1n) is 8.66. The topological polar surface area (TPSA) is 79.9 Å². The van der Waals surface area contributed by atoms with Crippen LogP contribution in [0.3, 0.4) is 0 Å². The van der Waals surface area contributed by atoms with E-state index in [2.05, 4.69) is 10.3 Å². The molecule has 1 atom stereocenters. The summed E-state index contributed by atoms with van der Waals surface area (Å²) in [5.41, 5.74) is 0.395. The number of halogens is 1. The zero-order valence-corrected chi connectivity index (χ0v) is 14.7. The van der Waals surface area contributed by atoms with E-state index in [4.69, 9.17) is 10.00 Å². The van der Waals surface area contributed by atoms with Gasteiger partial charge in [0.2, 0.25) is 0 Å². The zero-order chi connectivity index (χ0) is 19.0. The molecule has 1 saturated heterocycles. The highest BCUT2D eigenvalue weighted by molar-refractivity contribution is 5.80. The summed E-state index contributed by atoms with van der Waals surface area (Å²) in [5.74, 6) is 0.540. The van der Waals surface area contributed by atoms with Crippen LogP contribution >= 0.6 is 0 Å². The lowest BCUT2D eigenvalue weighted by molar-refractivity contribution is 0.414. The molecule has 0 unspecified atom stereocenters. The minimum atomic E-state index is -0.676. The van der Waals surface area contributed by atoms with Crippen LogP contribution in [0.1, 0.15) is 30.3 Å². The molecular formula is C20H17FN4O2. The lowest BCUT2D eigenvalue weighted by Crippen LogP contribution is -2.29. The summed E-state index contributed by atoms with van der Waals surface area (Å²) in [4.78, 5) is 17.9. The number of nitrogens with zero attached hydrogens (tertiary/aromatic N) is 3. The number of benzene rings is 2. The third kappa shape index (κ3) is 2.94. The van der Waals surface area contributed by atoms with E-state index in [1.807, 2.05) is 0 Å².